The van der Waals surface area contributed by atoms with Gasteiger partial charge in [0, 0.05) is 17.8 Å². The molecule has 0 spiro atoms. The number of ether oxygens (including phenoxy) is 1. The van der Waals surface area contributed by atoms with E-state index in [1.807, 2.05) is 11.8 Å². The predicted octanol–water partition coefficient (Wildman–Crippen LogP) is 1.80. The minimum absolute atomic E-state index is 0.166. The molecular formula is C13H18N2O3S. The lowest BCUT2D eigenvalue weighted by atomic mass is 10.0. The molecule has 0 bridgehead atoms. The van der Waals surface area contributed by atoms with Gasteiger partial charge in [-0.1, -0.05) is 6.92 Å². The lowest BCUT2D eigenvalue weighted by Crippen LogP contribution is -2.35. The molecule has 0 fully saturated rings. The van der Waals surface area contributed by atoms with Gasteiger partial charge < -0.3 is 15.4 Å². The molecule has 1 aromatic rings. The van der Waals surface area contributed by atoms with Crippen LogP contribution in [0, 0.1) is 0 Å². The fourth-order valence-electron chi connectivity index (χ4n) is 2.34. The van der Waals surface area contributed by atoms with Crippen LogP contribution in [-0.2, 0) is 22.5 Å². The Balaban J connectivity index is 2.23. The quantitative estimate of drug-likeness (QED) is 0.858. The summed E-state index contributed by atoms with van der Waals surface area (Å²) in [7, 11) is 1.35. The summed E-state index contributed by atoms with van der Waals surface area (Å²) in [6, 6.07) is 0. The van der Waals surface area contributed by atoms with Gasteiger partial charge >= 0.3 is 5.97 Å². The van der Waals surface area contributed by atoms with Crippen molar-refractivity contribution in [2.45, 2.75) is 32.7 Å². The number of nitrogen functional groups attached to an aromatic ring is 1. The van der Waals surface area contributed by atoms with Crippen molar-refractivity contribution >= 4 is 28.2 Å². The van der Waals surface area contributed by atoms with E-state index < -0.39 is 0 Å². The van der Waals surface area contributed by atoms with Crippen molar-refractivity contribution in [3.05, 3.63) is 16.0 Å². The molecule has 2 N–H and O–H groups in total. The maximum absolute atomic E-state index is 11.9. The van der Waals surface area contributed by atoms with Crippen LogP contribution >= 0.6 is 11.3 Å². The topological polar surface area (TPSA) is 72.6 Å². The number of nitrogens with two attached hydrogens (primary N) is 1. The van der Waals surface area contributed by atoms with E-state index in [1.54, 1.807) is 0 Å². The van der Waals surface area contributed by atoms with Gasteiger partial charge in [-0.3, -0.25) is 4.79 Å². The number of methoxy groups -OCH3 is 1. The molecule has 0 saturated heterocycles. The average molecular weight is 282 g/mol. The molecule has 1 aromatic heterocycles. The number of anilines is 1. The minimum atomic E-state index is -0.386. The number of carbonyl (C=O) groups excluding carboxylic acids is 2. The van der Waals surface area contributed by atoms with E-state index in [4.69, 9.17) is 10.5 Å². The van der Waals surface area contributed by atoms with Crippen molar-refractivity contribution in [3.8, 4) is 0 Å². The van der Waals surface area contributed by atoms with Gasteiger partial charge in [-0.15, -0.1) is 11.3 Å². The standard InChI is InChI=1S/C13H18N2O3S/c1-3-4-10(16)15-6-5-8-9(7-15)19-12(14)11(8)13(17)18-2/h3-7,14H2,1-2H3. The van der Waals surface area contributed by atoms with E-state index in [0.29, 0.717) is 36.5 Å². The van der Waals surface area contributed by atoms with E-state index in [9.17, 15) is 9.59 Å². The first-order chi connectivity index (χ1) is 9.08. The van der Waals surface area contributed by atoms with Crippen LogP contribution in [0.25, 0.3) is 0 Å². The third-order valence-electron chi connectivity index (χ3n) is 3.29. The molecule has 6 heteroatoms. The summed E-state index contributed by atoms with van der Waals surface area (Å²) in [4.78, 5) is 26.5. The molecule has 1 aliphatic heterocycles. The van der Waals surface area contributed by atoms with Crippen LogP contribution in [0.15, 0.2) is 0 Å². The molecule has 0 aromatic carbocycles. The number of hydrogen-bond acceptors (Lipinski definition) is 5. The fourth-order valence-corrected chi connectivity index (χ4v) is 3.46. The zero-order valence-electron chi connectivity index (χ0n) is 11.2. The van der Waals surface area contributed by atoms with Crippen LogP contribution < -0.4 is 5.73 Å². The molecule has 0 saturated carbocycles. The Morgan fingerprint density at radius 2 is 2.21 bits per heavy atom. The van der Waals surface area contributed by atoms with E-state index >= 15 is 0 Å². The van der Waals surface area contributed by atoms with Crippen LogP contribution in [0.5, 0.6) is 0 Å². The van der Waals surface area contributed by atoms with E-state index in [-0.39, 0.29) is 11.9 Å². The molecule has 104 valence electrons. The molecule has 2 rings (SSSR count). The SMILES string of the molecule is CCCC(=O)N1CCc2c(sc(N)c2C(=O)OC)C1. The maximum Gasteiger partial charge on any atom is 0.341 e. The molecular weight excluding hydrogens is 264 g/mol. The number of carbonyl (C=O) groups is 2. The summed E-state index contributed by atoms with van der Waals surface area (Å²) in [6.07, 6.45) is 2.09. The van der Waals surface area contributed by atoms with Gasteiger partial charge in [0.25, 0.3) is 0 Å². The molecule has 1 aliphatic rings. The van der Waals surface area contributed by atoms with Crippen LogP contribution in [0.2, 0.25) is 0 Å². The second kappa shape index (κ2) is 5.61. The number of fused-ring (bicyclic) bond motifs is 1. The third kappa shape index (κ3) is 2.58. The highest BCUT2D eigenvalue weighted by Crippen LogP contribution is 2.35. The predicted molar refractivity (Wildman–Crippen MR) is 74.1 cm³/mol. The van der Waals surface area contributed by atoms with Crippen molar-refractivity contribution in [1.29, 1.82) is 0 Å². The van der Waals surface area contributed by atoms with Crippen LogP contribution in [0.3, 0.4) is 0 Å². The zero-order valence-corrected chi connectivity index (χ0v) is 12.0. The first-order valence-electron chi connectivity index (χ1n) is 6.34. The van der Waals surface area contributed by atoms with E-state index in [0.717, 1.165) is 16.9 Å². The van der Waals surface area contributed by atoms with E-state index in [1.165, 1.54) is 18.4 Å². The van der Waals surface area contributed by atoms with Gasteiger partial charge in [-0.05, 0) is 18.4 Å². The molecule has 0 atom stereocenters. The Morgan fingerprint density at radius 1 is 1.47 bits per heavy atom. The summed E-state index contributed by atoms with van der Waals surface area (Å²) in [6.45, 7) is 3.19. The van der Waals surface area contributed by atoms with Crippen molar-refractivity contribution in [2.24, 2.45) is 0 Å². The number of hydrogen-bond donors (Lipinski definition) is 1. The number of esters is 1. The molecule has 0 radical (unpaired) electrons. The van der Waals surface area contributed by atoms with Gasteiger partial charge in [-0.25, -0.2) is 4.79 Å². The van der Waals surface area contributed by atoms with Crippen molar-refractivity contribution < 1.29 is 14.3 Å². The Bertz CT molecular complexity index is 510. The van der Waals surface area contributed by atoms with Crippen LogP contribution in [-0.4, -0.2) is 30.4 Å². The third-order valence-corrected chi connectivity index (χ3v) is 4.34. The Labute approximate surface area is 116 Å². The number of thiophene rings is 1. The van der Waals surface area contributed by atoms with E-state index in [2.05, 4.69) is 0 Å². The van der Waals surface area contributed by atoms with Gasteiger partial charge in [0.1, 0.15) is 5.00 Å². The average Bonchev–Trinajstić information content (AvgIpc) is 2.73. The molecule has 0 unspecified atom stereocenters. The molecule has 1 amide bonds. The van der Waals surface area contributed by atoms with Crippen molar-refractivity contribution in [3.63, 3.8) is 0 Å². The van der Waals surface area contributed by atoms with Gasteiger partial charge in [0.15, 0.2) is 0 Å². The summed E-state index contributed by atoms with van der Waals surface area (Å²) in [5.74, 6) is -0.219. The molecule has 5 nitrogen and oxygen atoms in total. The number of rotatable bonds is 3. The summed E-state index contributed by atoms with van der Waals surface area (Å²) < 4.78 is 4.76. The highest BCUT2D eigenvalue weighted by Gasteiger charge is 2.28. The highest BCUT2D eigenvalue weighted by molar-refractivity contribution is 7.16. The number of nitrogens with zero attached hydrogens (tertiary/aromatic N) is 1. The smallest absolute Gasteiger partial charge is 0.341 e. The summed E-state index contributed by atoms with van der Waals surface area (Å²) >= 11 is 1.38. The second-order valence-corrected chi connectivity index (χ2v) is 5.69. The molecule has 19 heavy (non-hydrogen) atoms. The Kier molecular flexibility index (Phi) is 4.09. The summed E-state index contributed by atoms with van der Waals surface area (Å²) in [5, 5.41) is 0.488. The maximum atomic E-state index is 11.9. The zero-order chi connectivity index (χ0) is 14.0. The monoisotopic (exact) mass is 282 g/mol. The fraction of sp³-hybridized carbons (Fsp3) is 0.538. The van der Waals surface area contributed by atoms with Crippen LogP contribution in [0.4, 0.5) is 5.00 Å². The lowest BCUT2D eigenvalue weighted by Gasteiger charge is -2.27. The second-order valence-electron chi connectivity index (χ2n) is 4.55. The van der Waals surface area contributed by atoms with Gasteiger partial charge in [0.2, 0.25) is 5.91 Å². The largest absolute Gasteiger partial charge is 0.465 e. The molecule has 0 aliphatic carbocycles. The van der Waals surface area contributed by atoms with Crippen molar-refractivity contribution in [2.75, 3.05) is 19.4 Å². The van der Waals surface area contributed by atoms with Crippen molar-refractivity contribution in [1.82, 2.24) is 4.90 Å². The number of amides is 1. The first kappa shape index (κ1) is 13.9. The Hall–Kier alpha value is -1.56. The molecule has 2 heterocycles. The van der Waals surface area contributed by atoms with Crippen LogP contribution in [0.1, 0.15) is 40.6 Å². The lowest BCUT2D eigenvalue weighted by molar-refractivity contribution is -0.132. The minimum Gasteiger partial charge on any atom is -0.465 e. The highest BCUT2D eigenvalue weighted by atomic mass is 32.1. The van der Waals surface area contributed by atoms with Gasteiger partial charge in [0.05, 0.1) is 19.2 Å². The first-order valence-corrected chi connectivity index (χ1v) is 7.16. The van der Waals surface area contributed by atoms with Gasteiger partial charge in [-0.2, -0.15) is 0 Å². The summed E-state index contributed by atoms with van der Waals surface area (Å²) in [5.41, 5.74) is 7.34. The Morgan fingerprint density at radius 3 is 2.84 bits per heavy atom. The normalized spacial score (nSPS) is 14.1.